The summed E-state index contributed by atoms with van der Waals surface area (Å²) in [5.41, 5.74) is 1.55. The summed E-state index contributed by atoms with van der Waals surface area (Å²) >= 11 is 0. The van der Waals surface area contributed by atoms with Gasteiger partial charge in [0, 0.05) is 57.7 Å². The fraction of sp³-hybridized carbons (Fsp3) is 0.706. The van der Waals surface area contributed by atoms with Crippen LogP contribution in [0.15, 0.2) is 24.5 Å². The van der Waals surface area contributed by atoms with Crippen molar-refractivity contribution >= 4 is 0 Å². The molecule has 120 valence electrons. The Morgan fingerprint density at radius 1 is 1.27 bits per heavy atom. The maximum atomic E-state index is 10.1. The quantitative estimate of drug-likeness (QED) is 0.876. The van der Waals surface area contributed by atoms with Crippen molar-refractivity contribution in [3.63, 3.8) is 0 Å². The van der Waals surface area contributed by atoms with Crippen molar-refractivity contribution < 1.29 is 5.11 Å². The van der Waals surface area contributed by atoms with E-state index in [2.05, 4.69) is 32.7 Å². The van der Waals surface area contributed by atoms with Crippen LogP contribution in [0, 0.1) is 0 Å². The summed E-state index contributed by atoms with van der Waals surface area (Å²) < 4.78 is 0. The Morgan fingerprint density at radius 2 is 2.09 bits per heavy atom. The average Bonchev–Trinajstić information content (AvgIpc) is 2.85. The molecule has 1 N–H and O–H groups in total. The van der Waals surface area contributed by atoms with Gasteiger partial charge in [-0.15, -0.1) is 0 Å². The second-order valence-electron chi connectivity index (χ2n) is 7.25. The molecule has 0 bridgehead atoms. The smallest absolute Gasteiger partial charge is 0.0682 e. The molecule has 3 aliphatic rings. The maximum Gasteiger partial charge on any atom is 0.0682 e. The van der Waals surface area contributed by atoms with Gasteiger partial charge in [-0.1, -0.05) is 13.0 Å². The highest BCUT2D eigenvalue weighted by atomic mass is 16.3. The number of hydrogen-bond donors (Lipinski definition) is 1. The lowest BCUT2D eigenvalue weighted by Gasteiger charge is -2.61. The summed E-state index contributed by atoms with van der Waals surface area (Å²) in [5.74, 6) is 0. The standard InChI is InChI=1S/C17H26N4O/c1-2-19-11-17(12-19)13-20(8-14-4-3-5-18-7-14)9-15-6-16(22)10-21(15)17/h3-5,7,15-16,22H,2,6,8-13H2,1H3. The first-order chi connectivity index (χ1) is 10.7. The zero-order valence-corrected chi connectivity index (χ0v) is 13.4. The fourth-order valence-electron chi connectivity index (χ4n) is 4.68. The van der Waals surface area contributed by atoms with E-state index in [1.54, 1.807) is 0 Å². The summed E-state index contributed by atoms with van der Waals surface area (Å²) in [6.45, 7) is 9.68. The van der Waals surface area contributed by atoms with Crippen molar-refractivity contribution in [3.8, 4) is 0 Å². The van der Waals surface area contributed by atoms with Gasteiger partial charge in [-0.05, 0) is 24.6 Å². The molecule has 1 spiro atoms. The summed E-state index contributed by atoms with van der Waals surface area (Å²) in [7, 11) is 0. The number of likely N-dealkylation sites (tertiary alicyclic amines) is 1. The molecule has 0 amide bonds. The second-order valence-corrected chi connectivity index (χ2v) is 7.25. The number of aliphatic hydroxyl groups excluding tert-OH is 1. The number of hydrogen-bond acceptors (Lipinski definition) is 5. The first-order valence-corrected chi connectivity index (χ1v) is 8.47. The van der Waals surface area contributed by atoms with E-state index in [1.165, 1.54) is 5.56 Å². The molecule has 0 aliphatic carbocycles. The number of aromatic nitrogens is 1. The van der Waals surface area contributed by atoms with E-state index in [0.29, 0.717) is 6.04 Å². The highest BCUT2D eigenvalue weighted by Gasteiger charge is 2.55. The molecule has 5 nitrogen and oxygen atoms in total. The van der Waals surface area contributed by atoms with E-state index in [9.17, 15) is 5.11 Å². The Hall–Kier alpha value is -1.01. The largest absolute Gasteiger partial charge is 0.392 e. The lowest BCUT2D eigenvalue weighted by molar-refractivity contribution is -0.113. The van der Waals surface area contributed by atoms with Crippen molar-refractivity contribution in [2.45, 2.75) is 37.6 Å². The van der Waals surface area contributed by atoms with Crippen LogP contribution in [0.1, 0.15) is 18.9 Å². The van der Waals surface area contributed by atoms with Crippen LogP contribution >= 0.6 is 0 Å². The first kappa shape index (κ1) is 14.6. The molecule has 1 aromatic heterocycles. The number of pyridine rings is 1. The van der Waals surface area contributed by atoms with E-state index >= 15 is 0 Å². The van der Waals surface area contributed by atoms with Gasteiger partial charge >= 0.3 is 0 Å². The molecular weight excluding hydrogens is 276 g/mol. The van der Waals surface area contributed by atoms with Crippen molar-refractivity contribution in [1.29, 1.82) is 0 Å². The normalized spacial score (nSPS) is 32.1. The number of rotatable bonds is 3. The van der Waals surface area contributed by atoms with Crippen molar-refractivity contribution in [3.05, 3.63) is 30.1 Å². The van der Waals surface area contributed by atoms with Crippen molar-refractivity contribution in [2.24, 2.45) is 0 Å². The minimum Gasteiger partial charge on any atom is -0.392 e. The highest BCUT2D eigenvalue weighted by Crippen LogP contribution is 2.39. The third kappa shape index (κ3) is 2.46. The molecule has 0 saturated carbocycles. The van der Waals surface area contributed by atoms with E-state index in [-0.39, 0.29) is 11.6 Å². The van der Waals surface area contributed by atoms with Crippen LogP contribution in [0.25, 0.3) is 0 Å². The van der Waals surface area contributed by atoms with Gasteiger partial charge in [0.05, 0.1) is 11.6 Å². The summed E-state index contributed by atoms with van der Waals surface area (Å²) in [5, 5.41) is 10.1. The van der Waals surface area contributed by atoms with Crippen LogP contribution in [0.4, 0.5) is 0 Å². The van der Waals surface area contributed by atoms with Gasteiger partial charge in [0.2, 0.25) is 0 Å². The van der Waals surface area contributed by atoms with Gasteiger partial charge in [0.1, 0.15) is 0 Å². The number of fused-ring (bicyclic) bond motifs is 2. The Balaban J connectivity index is 1.51. The predicted octanol–water partition coefficient (Wildman–Crippen LogP) is 0.407. The molecule has 2 unspecified atom stereocenters. The van der Waals surface area contributed by atoms with Gasteiger partial charge in [-0.25, -0.2) is 0 Å². The molecule has 22 heavy (non-hydrogen) atoms. The summed E-state index contributed by atoms with van der Waals surface area (Å²) in [6, 6.07) is 4.69. The minimum absolute atomic E-state index is 0.143. The summed E-state index contributed by atoms with van der Waals surface area (Å²) in [4.78, 5) is 11.9. The number of aliphatic hydroxyl groups is 1. The molecule has 2 atom stereocenters. The Morgan fingerprint density at radius 3 is 2.82 bits per heavy atom. The van der Waals surface area contributed by atoms with Gasteiger partial charge in [0.25, 0.3) is 0 Å². The molecule has 3 saturated heterocycles. The monoisotopic (exact) mass is 302 g/mol. The van der Waals surface area contributed by atoms with Gasteiger partial charge < -0.3 is 5.11 Å². The third-order valence-electron chi connectivity index (χ3n) is 5.60. The van der Waals surface area contributed by atoms with Crippen LogP contribution in [-0.4, -0.2) is 81.7 Å². The zero-order chi connectivity index (χ0) is 15.2. The maximum absolute atomic E-state index is 10.1. The molecular formula is C17H26N4O. The minimum atomic E-state index is -0.143. The van der Waals surface area contributed by atoms with E-state index in [0.717, 1.165) is 52.2 Å². The molecule has 3 fully saturated rings. The molecule has 4 rings (SSSR count). The number of likely N-dealkylation sites (N-methyl/N-ethyl adjacent to an activating group) is 1. The lowest BCUT2D eigenvalue weighted by atomic mass is 9.83. The molecule has 5 heteroatoms. The van der Waals surface area contributed by atoms with Crippen LogP contribution < -0.4 is 0 Å². The average molecular weight is 302 g/mol. The SMILES string of the molecule is CCN1CC2(CN(Cc3cccnc3)CC3CC(O)CN32)C1. The molecule has 4 heterocycles. The van der Waals surface area contributed by atoms with Crippen LogP contribution in [0.2, 0.25) is 0 Å². The Labute approximate surface area is 132 Å². The molecule has 0 aromatic carbocycles. The van der Waals surface area contributed by atoms with Crippen molar-refractivity contribution in [2.75, 3.05) is 39.3 Å². The van der Waals surface area contributed by atoms with E-state index in [4.69, 9.17) is 0 Å². The molecule has 0 radical (unpaired) electrons. The topological polar surface area (TPSA) is 42.8 Å². The summed E-state index contributed by atoms with van der Waals surface area (Å²) in [6.07, 6.45) is 4.59. The first-order valence-electron chi connectivity index (χ1n) is 8.47. The zero-order valence-electron chi connectivity index (χ0n) is 13.4. The molecule has 1 aromatic rings. The Bertz CT molecular complexity index is 517. The van der Waals surface area contributed by atoms with E-state index < -0.39 is 0 Å². The van der Waals surface area contributed by atoms with Gasteiger partial charge in [0.15, 0.2) is 0 Å². The van der Waals surface area contributed by atoms with Gasteiger partial charge in [-0.2, -0.15) is 0 Å². The lowest BCUT2D eigenvalue weighted by Crippen LogP contribution is -2.77. The number of nitrogens with zero attached hydrogens (tertiary/aromatic N) is 4. The highest BCUT2D eigenvalue weighted by molar-refractivity contribution is 5.15. The van der Waals surface area contributed by atoms with Crippen LogP contribution in [-0.2, 0) is 6.54 Å². The number of piperazine rings is 1. The van der Waals surface area contributed by atoms with E-state index in [1.807, 2.05) is 18.5 Å². The number of β-amino-alcohol motifs (C(OH)–C–C–N with tert-alkyl or cyclic N) is 1. The van der Waals surface area contributed by atoms with Crippen molar-refractivity contribution in [1.82, 2.24) is 19.7 Å². The van der Waals surface area contributed by atoms with Crippen LogP contribution in [0.5, 0.6) is 0 Å². The predicted molar refractivity (Wildman–Crippen MR) is 85.5 cm³/mol. The third-order valence-corrected chi connectivity index (χ3v) is 5.60. The molecule has 3 aliphatic heterocycles. The second kappa shape index (κ2) is 5.57. The Kier molecular flexibility index (Phi) is 3.69. The van der Waals surface area contributed by atoms with Crippen LogP contribution in [0.3, 0.4) is 0 Å². The fourth-order valence-corrected chi connectivity index (χ4v) is 4.68. The van der Waals surface area contributed by atoms with Gasteiger partial charge in [-0.3, -0.25) is 19.7 Å².